The van der Waals surface area contributed by atoms with E-state index >= 15 is 0 Å². The van der Waals surface area contributed by atoms with Gasteiger partial charge in [0.05, 0.1) is 31.4 Å². The van der Waals surface area contributed by atoms with Gasteiger partial charge >= 0.3 is 0 Å². The summed E-state index contributed by atoms with van der Waals surface area (Å²) < 4.78 is 11.3. The molecule has 126 valence electrons. The summed E-state index contributed by atoms with van der Waals surface area (Å²) >= 11 is 0. The van der Waals surface area contributed by atoms with Crippen molar-refractivity contribution in [2.75, 3.05) is 19.7 Å². The summed E-state index contributed by atoms with van der Waals surface area (Å²) in [6.45, 7) is 3.30. The molecule has 3 heterocycles. The van der Waals surface area contributed by atoms with Crippen LogP contribution >= 0.6 is 0 Å². The summed E-state index contributed by atoms with van der Waals surface area (Å²) in [7, 11) is 0. The minimum atomic E-state index is -0.0208. The number of ether oxygens (including phenoxy) is 1. The highest BCUT2D eigenvalue weighted by Gasteiger charge is 2.40. The zero-order valence-electron chi connectivity index (χ0n) is 13.6. The SMILES string of the molecule is O=C(NCc1ccco1)[C@@H]1CO[C@@H]2CCN(C3CCC3)C[C@@H]2C1. The van der Waals surface area contributed by atoms with E-state index in [0.717, 1.165) is 31.2 Å². The normalized spacial score (nSPS) is 32.1. The van der Waals surface area contributed by atoms with Crippen LogP contribution in [0, 0.1) is 11.8 Å². The van der Waals surface area contributed by atoms with Gasteiger partial charge in [-0.3, -0.25) is 9.69 Å². The number of carbonyl (C=O) groups is 1. The molecule has 3 aliphatic rings. The molecule has 0 bridgehead atoms. The Kier molecular flexibility index (Phi) is 4.40. The van der Waals surface area contributed by atoms with Crippen molar-refractivity contribution in [3.8, 4) is 0 Å². The second-order valence-electron chi connectivity index (χ2n) is 7.23. The molecule has 5 heteroatoms. The van der Waals surface area contributed by atoms with E-state index in [0.29, 0.717) is 25.2 Å². The molecule has 2 saturated heterocycles. The van der Waals surface area contributed by atoms with Gasteiger partial charge in [0.2, 0.25) is 5.91 Å². The Morgan fingerprint density at radius 2 is 2.26 bits per heavy atom. The van der Waals surface area contributed by atoms with Crippen LogP contribution in [0.25, 0.3) is 0 Å². The zero-order valence-corrected chi connectivity index (χ0v) is 13.6. The summed E-state index contributed by atoms with van der Waals surface area (Å²) in [6, 6.07) is 4.52. The fraction of sp³-hybridized carbons (Fsp3) is 0.722. The Labute approximate surface area is 137 Å². The Balaban J connectivity index is 1.30. The summed E-state index contributed by atoms with van der Waals surface area (Å²) in [6.07, 6.45) is 8.16. The molecule has 2 aliphatic heterocycles. The second kappa shape index (κ2) is 6.65. The van der Waals surface area contributed by atoms with Crippen LogP contribution in [-0.2, 0) is 16.1 Å². The van der Waals surface area contributed by atoms with Gasteiger partial charge in [-0.2, -0.15) is 0 Å². The minimum absolute atomic E-state index is 0.0208. The molecular weight excluding hydrogens is 292 g/mol. The lowest BCUT2D eigenvalue weighted by atomic mass is 9.81. The number of fused-ring (bicyclic) bond motifs is 1. The molecule has 1 saturated carbocycles. The lowest BCUT2D eigenvalue weighted by Crippen LogP contribution is -2.54. The number of rotatable bonds is 4. The van der Waals surface area contributed by atoms with E-state index < -0.39 is 0 Å². The molecule has 1 aromatic heterocycles. The summed E-state index contributed by atoms with van der Waals surface area (Å²) in [5.74, 6) is 1.38. The molecule has 1 aromatic rings. The van der Waals surface area contributed by atoms with Crippen molar-refractivity contribution in [3.63, 3.8) is 0 Å². The van der Waals surface area contributed by atoms with E-state index in [4.69, 9.17) is 9.15 Å². The van der Waals surface area contributed by atoms with Crippen LogP contribution in [0.15, 0.2) is 22.8 Å². The first kappa shape index (κ1) is 15.2. The molecule has 1 aliphatic carbocycles. The number of hydrogen-bond donors (Lipinski definition) is 1. The van der Waals surface area contributed by atoms with Crippen molar-refractivity contribution in [3.05, 3.63) is 24.2 Å². The maximum absolute atomic E-state index is 12.4. The highest BCUT2D eigenvalue weighted by Crippen LogP contribution is 2.35. The Morgan fingerprint density at radius 3 is 3.00 bits per heavy atom. The van der Waals surface area contributed by atoms with Gasteiger partial charge in [-0.1, -0.05) is 6.42 Å². The number of piperidine rings is 1. The van der Waals surface area contributed by atoms with E-state index in [9.17, 15) is 4.79 Å². The fourth-order valence-electron chi connectivity index (χ4n) is 4.16. The standard InChI is InChI=1S/C18H26N2O3/c21-18(19-10-16-5-2-8-22-16)14-9-13-11-20(15-3-1-4-15)7-6-17(13)23-12-14/h2,5,8,13-15,17H,1,3-4,6-7,9-12H2,(H,19,21)/t13-,14-,17+/m0/s1. The van der Waals surface area contributed by atoms with Crippen molar-refractivity contribution >= 4 is 5.91 Å². The molecule has 23 heavy (non-hydrogen) atoms. The lowest BCUT2D eigenvalue weighted by molar-refractivity contribution is -0.140. The van der Waals surface area contributed by atoms with Crippen LogP contribution in [0.4, 0.5) is 0 Å². The molecular formula is C18H26N2O3. The van der Waals surface area contributed by atoms with Crippen LogP contribution in [0.2, 0.25) is 0 Å². The highest BCUT2D eigenvalue weighted by atomic mass is 16.5. The van der Waals surface area contributed by atoms with E-state index in [2.05, 4.69) is 10.2 Å². The molecule has 0 spiro atoms. The Morgan fingerprint density at radius 1 is 1.35 bits per heavy atom. The number of carbonyl (C=O) groups excluding carboxylic acids is 1. The lowest BCUT2D eigenvalue weighted by Gasteiger charge is -2.47. The van der Waals surface area contributed by atoms with Gasteiger partial charge in [0.1, 0.15) is 5.76 Å². The van der Waals surface area contributed by atoms with Crippen molar-refractivity contribution in [2.45, 2.75) is 50.8 Å². The van der Waals surface area contributed by atoms with Crippen molar-refractivity contribution in [1.29, 1.82) is 0 Å². The maximum Gasteiger partial charge on any atom is 0.225 e. The number of likely N-dealkylation sites (tertiary alicyclic amines) is 1. The van der Waals surface area contributed by atoms with Crippen LogP contribution in [0.3, 0.4) is 0 Å². The average Bonchev–Trinajstić information content (AvgIpc) is 3.03. The third kappa shape index (κ3) is 3.31. The predicted octanol–water partition coefficient (Wildman–Crippen LogP) is 2.18. The molecule has 0 aromatic carbocycles. The van der Waals surface area contributed by atoms with E-state index in [1.807, 2.05) is 12.1 Å². The molecule has 1 amide bonds. The van der Waals surface area contributed by atoms with Gasteiger partial charge in [0.25, 0.3) is 0 Å². The van der Waals surface area contributed by atoms with Gasteiger partial charge < -0.3 is 14.5 Å². The first-order valence-electron chi connectivity index (χ1n) is 8.95. The first-order valence-corrected chi connectivity index (χ1v) is 8.95. The molecule has 0 unspecified atom stereocenters. The van der Waals surface area contributed by atoms with Crippen molar-refractivity contribution < 1.29 is 13.9 Å². The molecule has 0 radical (unpaired) electrons. The monoisotopic (exact) mass is 318 g/mol. The Hall–Kier alpha value is -1.33. The Bertz CT molecular complexity index is 526. The van der Waals surface area contributed by atoms with E-state index in [-0.39, 0.29) is 11.8 Å². The summed E-state index contributed by atoms with van der Waals surface area (Å²) in [5, 5.41) is 2.98. The number of amides is 1. The van der Waals surface area contributed by atoms with Gasteiger partial charge in [-0.15, -0.1) is 0 Å². The molecule has 3 fully saturated rings. The van der Waals surface area contributed by atoms with Gasteiger partial charge in [-0.05, 0) is 43.7 Å². The van der Waals surface area contributed by atoms with Gasteiger partial charge in [0.15, 0.2) is 0 Å². The largest absolute Gasteiger partial charge is 0.467 e. The second-order valence-corrected chi connectivity index (χ2v) is 7.23. The third-order valence-electron chi connectivity index (χ3n) is 5.77. The predicted molar refractivity (Wildman–Crippen MR) is 85.7 cm³/mol. The molecule has 3 atom stereocenters. The summed E-state index contributed by atoms with van der Waals surface area (Å²) in [4.78, 5) is 15.0. The first-order chi connectivity index (χ1) is 11.3. The number of nitrogens with zero attached hydrogens (tertiary/aromatic N) is 1. The number of nitrogens with one attached hydrogen (secondary N) is 1. The maximum atomic E-state index is 12.4. The summed E-state index contributed by atoms with van der Waals surface area (Å²) in [5.41, 5.74) is 0. The molecule has 5 nitrogen and oxygen atoms in total. The minimum Gasteiger partial charge on any atom is -0.467 e. The quantitative estimate of drug-likeness (QED) is 0.924. The van der Waals surface area contributed by atoms with Crippen LogP contribution in [0.5, 0.6) is 0 Å². The van der Waals surface area contributed by atoms with E-state index in [1.165, 1.54) is 25.8 Å². The van der Waals surface area contributed by atoms with Crippen LogP contribution in [-0.4, -0.2) is 42.6 Å². The highest BCUT2D eigenvalue weighted by molar-refractivity contribution is 5.78. The van der Waals surface area contributed by atoms with Gasteiger partial charge in [0, 0.05) is 19.1 Å². The van der Waals surface area contributed by atoms with Gasteiger partial charge in [-0.25, -0.2) is 0 Å². The zero-order chi connectivity index (χ0) is 15.6. The fourth-order valence-corrected chi connectivity index (χ4v) is 4.16. The average molecular weight is 318 g/mol. The number of furan rings is 1. The molecule has 1 N–H and O–H groups in total. The topological polar surface area (TPSA) is 54.7 Å². The van der Waals surface area contributed by atoms with Crippen LogP contribution in [0.1, 0.15) is 37.9 Å². The molecule has 4 rings (SSSR count). The van der Waals surface area contributed by atoms with E-state index in [1.54, 1.807) is 6.26 Å². The smallest absolute Gasteiger partial charge is 0.225 e. The van der Waals surface area contributed by atoms with Crippen LogP contribution < -0.4 is 5.32 Å². The number of hydrogen-bond acceptors (Lipinski definition) is 4. The van der Waals surface area contributed by atoms with Crippen molar-refractivity contribution in [2.24, 2.45) is 11.8 Å². The third-order valence-corrected chi connectivity index (χ3v) is 5.77. The van der Waals surface area contributed by atoms with Crippen molar-refractivity contribution in [1.82, 2.24) is 10.2 Å².